The summed E-state index contributed by atoms with van der Waals surface area (Å²) in [6, 6.07) is 18.6. The normalized spacial score (nSPS) is 26.7. The maximum atomic E-state index is 13.8. The molecule has 0 radical (unpaired) electrons. The zero-order valence-corrected chi connectivity index (χ0v) is 18.1. The number of fused-ring (bicyclic) bond motifs is 2. The number of hydrogen-bond acceptors (Lipinski definition) is 5. The Balaban J connectivity index is 1.70. The minimum Gasteiger partial charge on any atom is -0.508 e. The fourth-order valence-electron chi connectivity index (χ4n) is 5.59. The molecule has 168 valence electrons. The van der Waals surface area contributed by atoms with Crippen LogP contribution in [0.25, 0.3) is 10.8 Å². The van der Waals surface area contributed by atoms with E-state index >= 15 is 0 Å². The Morgan fingerprint density at radius 3 is 2.42 bits per heavy atom. The molecular weight excluding hydrogens is 420 g/mol. The molecule has 7 heteroatoms. The minimum atomic E-state index is -1.61. The van der Waals surface area contributed by atoms with Crippen molar-refractivity contribution in [2.45, 2.75) is 31.3 Å². The van der Waals surface area contributed by atoms with Crippen molar-refractivity contribution in [1.29, 1.82) is 0 Å². The first-order valence-electron chi connectivity index (χ1n) is 11.0. The molecule has 0 unspecified atom stereocenters. The highest BCUT2D eigenvalue weighted by atomic mass is 16.4. The Kier molecular flexibility index (Phi) is 4.94. The molecule has 2 heterocycles. The summed E-state index contributed by atoms with van der Waals surface area (Å²) in [4.78, 5) is 41.4. The van der Waals surface area contributed by atoms with Crippen molar-refractivity contribution in [2.75, 3.05) is 4.90 Å². The second-order valence-electron chi connectivity index (χ2n) is 8.72. The van der Waals surface area contributed by atoms with E-state index < -0.39 is 41.2 Å². The summed E-state index contributed by atoms with van der Waals surface area (Å²) in [6.07, 6.45) is 0.682. The van der Waals surface area contributed by atoms with E-state index in [1.54, 1.807) is 30.3 Å². The van der Waals surface area contributed by atoms with Crippen molar-refractivity contribution in [1.82, 2.24) is 5.32 Å². The maximum Gasteiger partial charge on any atom is 0.324 e. The minimum absolute atomic E-state index is 0.0460. The van der Waals surface area contributed by atoms with Gasteiger partial charge in [-0.3, -0.25) is 19.7 Å². The molecule has 2 saturated heterocycles. The molecule has 0 aliphatic carbocycles. The molecule has 3 aromatic rings. The van der Waals surface area contributed by atoms with Crippen molar-refractivity contribution in [3.8, 4) is 5.75 Å². The van der Waals surface area contributed by atoms with E-state index in [0.29, 0.717) is 17.7 Å². The van der Waals surface area contributed by atoms with Crippen LogP contribution in [0, 0.1) is 11.8 Å². The molecule has 3 N–H and O–H groups in total. The monoisotopic (exact) mass is 444 g/mol. The number of para-hydroxylation sites is 1. The first-order chi connectivity index (χ1) is 15.9. The van der Waals surface area contributed by atoms with Crippen molar-refractivity contribution in [3.63, 3.8) is 0 Å². The third-order valence-electron chi connectivity index (χ3n) is 6.96. The van der Waals surface area contributed by atoms with E-state index in [2.05, 4.69) is 5.32 Å². The van der Waals surface area contributed by atoms with Gasteiger partial charge in [-0.05, 0) is 23.9 Å². The smallest absolute Gasteiger partial charge is 0.324 e. The van der Waals surface area contributed by atoms with E-state index in [4.69, 9.17) is 0 Å². The summed E-state index contributed by atoms with van der Waals surface area (Å²) in [5.74, 6) is -4.24. The van der Waals surface area contributed by atoms with Gasteiger partial charge in [0, 0.05) is 17.0 Å². The first-order valence-corrected chi connectivity index (χ1v) is 11.0. The number of phenols is 1. The first kappa shape index (κ1) is 21.2. The lowest BCUT2D eigenvalue weighted by Crippen LogP contribution is -2.55. The lowest BCUT2D eigenvalue weighted by molar-refractivity contribution is -0.149. The lowest BCUT2D eigenvalue weighted by atomic mass is 9.77. The molecule has 2 fully saturated rings. The molecule has 3 aromatic carbocycles. The Hall–Kier alpha value is -3.71. The highest BCUT2D eigenvalue weighted by molar-refractivity contribution is 6.26. The highest BCUT2D eigenvalue weighted by Gasteiger charge is 2.68. The average molecular weight is 444 g/mol. The molecule has 0 bridgehead atoms. The fourth-order valence-corrected chi connectivity index (χ4v) is 5.59. The summed E-state index contributed by atoms with van der Waals surface area (Å²) in [5, 5.41) is 25.5. The van der Waals surface area contributed by atoms with Crippen LogP contribution in [0.15, 0.2) is 66.7 Å². The van der Waals surface area contributed by atoms with E-state index in [1.807, 2.05) is 37.3 Å². The van der Waals surface area contributed by atoms with Gasteiger partial charge in [-0.15, -0.1) is 0 Å². The quantitative estimate of drug-likeness (QED) is 0.519. The van der Waals surface area contributed by atoms with Gasteiger partial charge in [0.15, 0.2) is 0 Å². The van der Waals surface area contributed by atoms with Crippen LogP contribution in [0.4, 0.5) is 5.69 Å². The number of hydrogen-bond donors (Lipinski definition) is 3. The number of aliphatic carboxylic acids is 1. The van der Waals surface area contributed by atoms with Gasteiger partial charge in [-0.2, -0.15) is 0 Å². The molecule has 0 saturated carbocycles. The van der Waals surface area contributed by atoms with Crippen molar-refractivity contribution < 1.29 is 24.6 Å². The van der Waals surface area contributed by atoms with E-state index in [-0.39, 0.29) is 12.2 Å². The highest BCUT2D eigenvalue weighted by Crippen LogP contribution is 2.52. The maximum absolute atomic E-state index is 13.8. The van der Waals surface area contributed by atoms with Gasteiger partial charge in [0.25, 0.3) is 0 Å². The van der Waals surface area contributed by atoms with Crippen molar-refractivity contribution in [3.05, 3.63) is 72.3 Å². The summed E-state index contributed by atoms with van der Waals surface area (Å²) < 4.78 is 0. The van der Waals surface area contributed by atoms with Gasteiger partial charge in [-0.1, -0.05) is 67.9 Å². The second-order valence-corrected chi connectivity index (χ2v) is 8.72. The molecule has 2 aliphatic heterocycles. The number of carbonyl (C=O) groups excluding carboxylic acids is 2. The Morgan fingerprint density at radius 1 is 1.00 bits per heavy atom. The Morgan fingerprint density at radius 2 is 1.70 bits per heavy atom. The van der Waals surface area contributed by atoms with Gasteiger partial charge >= 0.3 is 5.97 Å². The summed E-state index contributed by atoms with van der Waals surface area (Å²) in [6.45, 7) is 1.85. The predicted molar refractivity (Wildman–Crippen MR) is 123 cm³/mol. The van der Waals surface area contributed by atoms with Crippen LogP contribution < -0.4 is 10.2 Å². The fraction of sp³-hybridized carbons (Fsp3) is 0.269. The molecule has 2 amide bonds. The van der Waals surface area contributed by atoms with Crippen LogP contribution >= 0.6 is 0 Å². The van der Waals surface area contributed by atoms with Gasteiger partial charge in [0.1, 0.15) is 11.3 Å². The number of carboxylic acid groups (broad SMARTS) is 1. The van der Waals surface area contributed by atoms with Gasteiger partial charge in [0.05, 0.1) is 17.5 Å². The van der Waals surface area contributed by atoms with Crippen LogP contribution in [0.2, 0.25) is 0 Å². The topological polar surface area (TPSA) is 107 Å². The number of aromatic hydroxyl groups is 1. The van der Waals surface area contributed by atoms with Gasteiger partial charge < -0.3 is 10.2 Å². The summed E-state index contributed by atoms with van der Waals surface area (Å²) in [5.41, 5.74) is -0.754. The molecular formula is C26H24N2O5. The van der Waals surface area contributed by atoms with Crippen LogP contribution in [0.3, 0.4) is 0 Å². The summed E-state index contributed by atoms with van der Waals surface area (Å²) in [7, 11) is 0. The third-order valence-corrected chi connectivity index (χ3v) is 6.96. The molecule has 0 aromatic heterocycles. The SMILES string of the molecule is CCC[C@@]1(C(=O)O)N[C@@H](c2ccccc2O)[C@H]2C(=O)N(c3cccc4ccccc34)C(=O)[C@@H]21. The standard InChI is InChI=1S/C26H24N2O5/c1-2-14-26(25(32)33)21-20(22(27-26)17-11-5-6-13-19(17)29)23(30)28(24(21)31)18-12-7-9-15-8-3-4-10-16(15)18/h3-13,20-22,27,29H,2,14H2,1H3,(H,32,33)/t20-,21+,22-,26+/m0/s1. The van der Waals surface area contributed by atoms with E-state index in [9.17, 15) is 24.6 Å². The zero-order chi connectivity index (χ0) is 23.3. The average Bonchev–Trinajstić information content (AvgIpc) is 3.28. The van der Waals surface area contributed by atoms with Gasteiger partial charge in [-0.25, -0.2) is 4.90 Å². The number of anilines is 1. The number of carbonyl (C=O) groups is 3. The van der Waals surface area contributed by atoms with Crippen LogP contribution in [0.1, 0.15) is 31.4 Å². The number of imide groups is 1. The molecule has 5 rings (SSSR count). The molecule has 4 atom stereocenters. The molecule has 0 spiro atoms. The van der Waals surface area contributed by atoms with Crippen LogP contribution in [0.5, 0.6) is 5.75 Å². The van der Waals surface area contributed by atoms with E-state index in [0.717, 1.165) is 15.7 Å². The second kappa shape index (κ2) is 7.71. The number of benzene rings is 3. The predicted octanol–water partition coefficient (Wildman–Crippen LogP) is 3.62. The van der Waals surface area contributed by atoms with Crippen LogP contribution in [-0.2, 0) is 14.4 Å². The number of amides is 2. The van der Waals surface area contributed by atoms with Crippen LogP contribution in [-0.4, -0.2) is 33.5 Å². The molecule has 7 nitrogen and oxygen atoms in total. The lowest BCUT2D eigenvalue weighted by Gasteiger charge is -2.31. The van der Waals surface area contributed by atoms with Crippen molar-refractivity contribution in [2.24, 2.45) is 11.8 Å². The zero-order valence-electron chi connectivity index (χ0n) is 18.1. The molecule has 33 heavy (non-hydrogen) atoms. The Labute approximate surface area is 190 Å². The van der Waals surface area contributed by atoms with E-state index in [1.165, 1.54) is 6.07 Å². The third kappa shape index (κ3) is 2.96. The Bertz CT molecular complexity index is 1280. The molecule has 2 aliphatic rings. The van der Waals surface area contributed by atoms with Crippen molar-refractivity contribution >= 4 is 34.2 Å². The number of carboxylic acids is 1. The number of phenolic OH excluding ortho intramolecular Hbond substituents is 1. The number of nitrogens with zero attached hydrogens (tertiary/aromatic N) is 1. The largest absolute Gasteiger partial charge is 0.508 e. The summed E-state index contributed by atoms with van der Waals surface area (Å²) >= 11 is 0. The number of rotatable bonds is 5. The number of nitrogens with one attached hydrogen (secondary N) is 1. The van der Waals surface area contributed by atoms with Gasteiger partial charge in [0.2, 0.25) is 11.8 Å².